The van der Waals surface area contributed by atoms with E-state index in [1.807, 2.05) is 0 Å². The van der Waals surface area contributed by atoms with Crippen LogP contribution in [0.15, 0.2) is 46.5 Å². The van der Waals surface area contributed by atoms with E-state index in [9.17, 15) is 84.9 Å². The number of anilines is 3. The Morgan fingerprint density at radius 1 is 0.489 bits per heavy atom. The molecule has 0 radical (unpaired) electrons. The van der Waals surface area contributed by atoms with Gasteiger partial charge in [-0.3, -0.25) is 5.32 Å². The number of nitrogens with zero attached hydrogens (tertiary/aromatic N) is 9. The number of amides is 1. The zero-order valence-electron chi connectivity index (χ0n) is 49.6. The molecular formula is C54H69F9N12O14S3. The largest absolute Gasteiger partial charge is 0.444 e. The number of aliphatic hydroxyl groups is 3. The zero-order valence-corrected chi connectivity index (χ0v) is 52.0. The van der Waals surface area contributed by atoms with Crippen molar-refractivity contribution in [2.45, 2.75) is 201 Å². The van der Waals surface area contributed by atoms with Gasteiger partial charge in [-0.05, 0) is 134 Å². The summed E-state index contributed by atoms with van der Waals surface area (Å²) in [6, 6.07) is 3.95. The fraction of sp³-hybridized carbons (Fsp3) is 0.593. The van der Waals surface area contributed by atoms with E-state index in [2.05, 4.69) is 50.9 Å². The van der Waals surface area contributed by atoms with Crippen LogP contribution in [0, 0.1) is 20.8 Å². The highest BCUT2D eigenvalue weighted by Gasteiger charge is 2.61. The van der Waals surface area contributed by atoms with Crippen LogP contribution < -0.4 is 16.8 Å². The average molecular weight is 1380 g/mol. The summed E-state index contributed by atoms with van der Waals surface area (Å²) >= 11 is 0. The lowest BCUT2D eigenvalue weighted by Gasteiger charge is -2.27. The third-order valence-electron chi connectivity index (χ3n) is 14.5. The van der Waals surface area contributed by atoms with Gasteiger partial charge in [0.05, 0.1) is 34.3 Å². The molecule has 0 saturated carbocycles. The quantitative estimate of drug-likeness (QED) is 0.0833. The summed E-state index contributed by atoms with van der Waals surface area (Å²) in [7, 11) is -11.3. The lowest BCUT2D eigenvalue weighted by molar-refractivity contribution is -0.277. The van der Waals surface area contributed by atoms with Crippen LogP contribution in [0.5, 0.6) is 0 Å². The van der Waals surface area contributed by atoms with Crippen LogP contribution in [0.4, 0.5) is 61.4 Å². The molecule has 1 amide bonds. The normalized spacial score (nSPS) is 22.2. The smallest absolute Gasteiger partial charge is 0.426 e. The first-order chi connectivity index (χ1) is 41.9. The summed E-state index contributed by atoms with van der Waals surface area (Å²) in [5.41, 5.74) is 0.552. The number of nitrogens with one attached hydrogen (secondary N) is 1. The Morgan fingerprint density at radius 2 is 0.772 bits per heavy atom. The molecule has 0 spiro atoms. The molecule has 92 heavy (non-hydrogen) atoms. The van der Waals surface area contributed by atoms with Crippen molar-refractivity contribution in [3.63, 3.8) is 0 Å². The Bertz CT molecular complexity index is 3830. The zero-order chi connectivity index (χ0) is 67.7. The van der Waals surface area contributed by atoms with Crippen molar-refractivity contribution in [3.05, 3.63) is 52.6 Å². The van der Waals surface area contributed by atoms with E-state index in [-0.39, 0.29) is 124 Å². The molecule has 26 nitrogen and oxygen atoms in total. The summed E-state index contributed by atoms with van der Waals surface area (Å²) in [6.45, 7) is 9.38. The van der Waals surface area contributed by atoms with Crippen molar-refractivity contribution in [1.29, 1.82) is 0 Å². The molecule has 3 aliphatic heterocycles. The summed E-state index contributed by atoms with van der Waals surface area (Å²) in [5, 5.41) is 53.4. The lowest BCUT2D eigenvalue weighted by atomic mass is 9.95. The van der Waals surface area contributed by atoms with Gasteiger partial charge in [0.15, 0.2) is 61.7 Å². The lowest BCUT2D eigenvalue weighted by Crippen LogP contribution is -2.42. The van der Waals surface area contributed by atoms with Crippen LogP contribution in [0.3, 0.4) is 0 Å². The van der Waals surface area contributed by atoms with Crippen molar-refractivity contribution in [1.82, 2.24) is 45.5 Å². The summed E-state index contributed by atoms with van der Waals surface area (Å²) in [5.74, 6) is -5.46. The standard InChI is InChI=1S/C21H27F3N4O6S.2C16H19F3N4O4S.CH4/c1-12-11-13(25-18(29)34-19(2,3)4)14-15-27-28-17(33-15)20(30,21(22,23)24)9-7-5-6-8-10-35(31,32)16(12)26-14;2*1-9-8-10(20)11-12-22-23-14(27-12)15(24,16(17,18)19)6-4-2-3-5-7-28(25,26)13(9)21-11;/h11,30H,5-10H2,1-4H3,(H,25,29);2*8,24H,2-7,20H2,1H3;1H4/t;2*15-;/m.10./s1. The fourth-order valence-electron chi connectivity index (χ4n) is 9.73. The molecule has 1 unspecified atom stereocenters. The number of nitrogens with two attached hydrogens (primary N) is 2. The van der Waals surface area contributed by atoms with Gasteiger partial charge in [-0.1, -0.05) is 46.0 Å². The number of alkyl halides is 9. The number of aromatic nitrogens is 9. The van der Waals surface area contributed by atoms with Crippen molar-refractivity contribution in [3.8, 4) is 34.8 Å². The van der Waals surface area contributed by atoms with E-state index in [1.54, 1.807) is 20.8 Å². The van der Waals surface area contributed by atoms with Crippen LogP contribution in [0.25, 0.3) is 34.8 Å². The Kier molecular flexibility index (Phi) is 22.0. The van der Waals surface area contributed by atoms with E-state index in [1.165, 1.54) is 39.0 Å². The van der Waals surface area contributed by atoms with Gasteiger partial charge in [-0.25, -0.2) is 45.0 Å². The molecule has 0 aromatic carbocycles. The maximum absolute atomic E-state index is 13.8. The SMILES string of the molecule is C.Cc1cc(N)c2nc1S(=O)(=O)CCCCCC[C@@](O)(C(F)(F)F)c1nnc-2o1.Cc1cc(N)c2nc1S(=O)(=O)CCCCCC[C@](O)(C(F)(F)F)c1nnc-2o1.Cc1cc(NC(=O)OC(C)(C)C)c2nc1S(=O)(=O)CCCCCCC(O)(C(F)(F)F)c1nnc-2o1. The highest BCUT2D eigenvalue weighted by molar-refractivity contribution is 7.92. The highest BCUT2D eigenvalue weighted by Crippen LogP contribution is 2.47. The molecule has 510 valence electrons. The number of nitrogen functional groups attached to an aromatic ring is 2. The van der Waals surface area contributed by atoms with E-state index in [0.717, 1.165) is 0 Å². The second-order valence-corrected chi connectivity index (χ2v) is 29.1. The average Bonchev–Trinajstić information content (AvgIpc) is 1.55. The van der Waals surface area contributed by atoms with E-state index >= 15 is 0 Å². The number of pyridine rings is 3. The first-order valence-corrected chi connectivity index (χ1v) is 33.0. The molecule has 8 N–H and O–H groups in total. The molecule has 3 atom stereocenters. The molecule has 0 saturated heterocycles. The second kappa shape index (κ2) is 27.4. The summed E-state index contributed by atoms with van der Waals surface area (Å²) in [6.07, 6.45) is -15.6. The molecule has 12 bridgehead atoms. The molecule has 3 aliphatic rings. The van der Waals surface area contributed by atoms with E-state index in [4.69, 9.17) is 29.5 Å². The van der Waals surface area contributed by atoms with Crippen LogP contribution in [-0.4, -0.2) is 134 Å². The van der Waals surface area contributed by atoms with Crippen LogP contribution >= 0.6 is 0 Å². The van der Waals surface area contributed by atoms with Gasteiger partial charge in [0.1, 0.15) is 5.60 Å². The molecule has 6 aromatic heterocycles. The number of carbonyl (C=O) groups excluding carboxylic acids is 1. The topological polar surface area (TPSA) is 409 Å². The van der Waals surface area contributed by atoms with Gasteiger partial charge >= 0.3 is 24.6 Å². The fourth-order valence-corrected chi connectivity index (χ4v) is 14.4. The van der Waals surface area contributed by atoms with Crippen LogP contribution in [0.1, 0.15) is 159 Å². The van der Waals surface area contributed by atoms with Crippen molar-refractivity contribution in [2.24, 2.45) is 0 Å². The summed E-state index contributed by atoms with van der Waals surface area (Å²) in [4.78, 5) is 24.5. The minimum Gasteiger partial charge on any atom is -0.444 e. The third-order valence-corrected chi connectivity index (χ3v) is 20.0. The van der Waals surface area contributed by atoms with Crippen LogP contribution in [0.2, 0.25) is 0 Å². The Balaban J connectivity index is 0.000000220. The number of halogens is 9. The maximum atomic E-state index is 13.8. The first-order valence-electron chi connectivity index (χ1n) is 28.1. The van der Waals surface area contributed by atoms with E-state index < -0.39 is 131 Å². The number of ether oxygens (including phenoxy) is 1. The highest BCUT2D eigenvalue weighted by atomic mass is 32.2. The Labute approximate surface area is 521 Å². The van der Waals surface area contributed by atoms with Crippen molar-refractivity contribution < 1.29 is 103 Å². The van der Waals surface area contributed by atoms with Crippen LogP contribution in [-0.2, 0) is 51.1 Å². The van der Waals surface area contributed by atoms with Gasteiger partial charge in [-0.15, -0.1) is 30.6 Å². The van der Waals surface area contributed by atoms with E-state index in [0.29, 0.717) is 43.2 Å². The van der Waals surface area contributed by atoms with Gasteiger partial charge in [0.2, 0.25) is 16.8 Å². The number of sulfone groups is 3. The Hall–Kier alpha value is -7.16. The molecule has 38 heteroatoms. The Morgan fingerprint density at radius 3 is 1.08 bits per heavy atom. The second-order valence-electron chi connectivity index (χ2n) is 23.0. The van der Waals surface area contributed by atoms with Gasteiger partial charge in [0, 0.05) is 0 Å². The number of aryl methyl sites for hydroxylation is 3. The third kappa shape index (κ3) is 16.2. The molecule has 6 aromatic rings. The molecule has 9 rings (SSSR count). The molecule has 9 heterocycles. The maximum Gasteiger partial charge on any atom is 0.426 e. The minimum atomic E-state index is -5.11. The number of rotatable bonds is 1. The number of fused-ring (bicyclic) bond motifs is 15. The van der Waals surface area contributed by atoms with Crippen molar-refractivity contribution >= 4 is 52.7 Å². The van der Waals surface area contributed by atoms with Gasteiger partial charge < -0.3 is 44.8 Å². The van der Waals surface area contributed by atoms with Crippen molar-refractivity contribution in [2.75, 3.05) is 34.0 Å². The molecular weight excluding hydrogens is 1310 g/mol. The summed E-state index contributed by atoms with van der Waals surface area (Å²) < 4.78 is 219. The molecule has 0 fully saturated rings. The first kappa shape index (κ1) is 73.9. The van der Waals surface area contributed by atoms with Gasteiger partial charge in [-0.2, -0.15) is 39.5 Å². The monoisotopic (exact) mass is 1380 g/mol. The minimum absolute atomic E-state index is 0. The number of hydrogen-bond donors (Lipinski definition) is 6. The van der Waals surface area contributed by atoms with Gasteiger partial charge in [0.25, 0.3) is 35.3 Å². The predicted octanol–water partition coefficient (Wildman–Crippen LogP) is 9.93. The number of carbonyl (C=O) groups is 1. The number of hydrogen-bond acceptors (Lipinski definition) is 25. The molecule has 0 aliphatic carbocycles. The predicted molar refractivity (Wildman–Crippen MR) is 307 cm³/mol.